The summed E-state index contributed by atoms with van der Waals surface area (Å²) in [5, 5.41) is 4.49. The number of carbonyl (C=O) groups excluding carboxylic acids is 1. The Labute approximate surface area is 188 Å². The molecule has 1 aromatic heterocycles. The van der Waals surface area contributed by atoms with Crippen LogP contribution in [0.2, 0.25) is 0 Å². The summed E-state index contributed by atoms with van der Waals surface area (Å²) in [6, 6.07) is 15.8. The van der Waals surface area contributed by atoms with Gasteiger partial charge in [0.15, 0.2) is 14.1 Å². The third-order valence-corrected chi connectivity index (χ3v) is 9.01. The SMILES string of the molecule is O=C(CSc1nn(-c2ccccc2)c(=S)s1)c1ccc(S(=O)(=O)N2CCCC2)cc1. The molecule has 0 unspecified atom stereocenters. The first-order valence-electron chi connectivity index (χ1n) is 9.37. The highest BCUT2D eigenvalue weighted by Crippen LogP contribution is 2.26. The van der Waals surface area contributed by atoms with Gasteiger partial charge < -0.3 is 0 Å². The summed E-state index contributed by atoms with van der Waals surface area (Å²) >= 11 is 8.07. The number of aromatic nitrogens is 2. The molecule has 4 rings (SSSR count). The first-order chi connectivity index (χ1) is 14.4. The van der Waals surface area contributed by atoms with Gasteiger partial charge in [0.25, 0.3) is 0 Å². The van der Waals surface area contributed by atoms with Crippen LogP contribution >= 0.6 is 35.3 Å². The highest BCUT2D eigenvalue weighted by atomic mass is 32.2. The average Bonchev–Trinajstić information content (AvgIpc) is 3.43. The Kier molecular flexibility index (Phi) is 6.49. The molecule has 0 atom stereocenters. The van der Waals surface area contributed by atoms with Crippen molar-refractivity contribution >= 4 is 51.1 Å². The van der Waals surface area contributed by atoms with E-state index in [1.165, 1.54) is 39.5 Å². The monoisotopic (exact) mass is 477 g/mol. The molecule has 2 aromatic carbocycles. The van der Waals surface area contributed by atoms with E-state index >= 15 is 0 Å². The minimum absolute atomic E-state index is 0.0856. The van der Waals surface area contributed by atoms with Crippen molar-refractivity contribution in [2.75, 3.05) is 18.8 Å². The molecule has 0 spiro atoms. The van der Waals surface area contributed by atoms with E-state index in [0.29, 0.717) is 26.9 Å². The number of carbonyl (C=O) groups is 1. The van der Waals surface area contributed by atoms with Crippen LogP contribution in [0.3, 0.4) is 0 Å². The molecule has 10 heteroatoms. The zero-order chi connectivity index (χ0) is 21.1. The lowest BCUT2D eigenvalue weighted by atomic mass is 10.1. The first kappa shape index (κ1) is 21.4. The van der Waals surface area contributed by atoms with Gasteiger partial charge in [-0.1, -0.05) is 53.4 Å². The normalized spacial score (nSPS) is 14.8. The maximum absolute atomic E-state index is 12.6. The van der Waals surface area contributed by atoms with E-state index in [9.17, 15) is 13.2 Å². The fourth-order valence-electron chi connectivity index (χ4n) is 3.15. The molecular formula is C20H19N3O3S4. The Balaban J connectivity index is 1.42. The van der Waals surface area contributed by atoms with Crippen molar-refractivity contribution in [1.29, 1.82) is 0 Å². The van der Waals surface area contributed by atoms with Crippen molar-refractivity contribution < 1.29 is 13.2 Å². The fourth-order valence-corrected chi connectivity index (χ4v) is 6.93. The van der Waals surface area contributed by atoms with Gasteiger partial charge in [0.05, 0.1) is 16.3 Å². The minimum Gasteiger partial charge on any atom is -0.293 e. The maximum Gasteiger partial charge on any atom is 0.243 e. The predicted octanol–water partition coefficient (Wildman–Crippen LogP) is 4.42. The number of nitrogens with zero attached hydrogens (tertiary/aromatic N) is 3. The number of sulfonamides is 1. The second-order valence-corrected chi connectivity index (χ2v) is 11.5. The standard InChI is InChI=1S/C20H19N3O3S4/c24-18(14-28-19-21-23(20(27)29-19)16-6-2-1-3-7-16)15-8-10-17(11-9-15)30(25,26)22-12-4-5-13-22/h1-3,6-11H,4-5,12-14H2. The van der Waals surface area contributed by atoms with Crippen LogP contribution in [0, 0.1) is 3.95 Å². The van der Waals surface area contributed by atoms with Crippen LogP contribution in [0.4, 0.5) is 0 Å². The molecular weight excluding hydrogens is 459 g/mol. The molecule has 1 aliphatic rings. The van der Waals surface area contributed by atoms with Crippen LogP contribution in [0.5, 0.6) is 0 Å². The van der Waals surface area contributed by atoms with Crippen LogP contribution < -0.4 is 0 Å². The minimum atomic E-state index is -3.47. The second-order valence-electron chi connectivity index (χ2n) is 6.73. The molecule has 1 fully saturated rings. The molecule has 0 saturated carbocycles. The quantitative estimate of drug-likeness (QED) is 0.285. The van der Waals surface area contributed by atoms with Gasteiger partial charge in [-0.25, -0.2) is 13.1 Å². The summed E-state index contributed by atoms with van der Waals surface area (Å²) in [5.41, 5.74) is 1.36. The molecule has 156 valence electrons. The average molecular weight is 478 g/mol. The van der Waals surface area contributed by atoms with Crippen molar-refractivity contribution in [1.82, 2.24) is 14.1 Å². The van der Waals surface area contributed by atoms with Gasteiger partial charge in [0.1, 0.15) is 0 Å². The number of ketones is 1. The van der Waals surface area contributed by atoms with Gasteiger partial charge >= 0.3 is 0 Å². The van der Waals surface area contributed by atoms with E-state index in [4.69, 9.17) is 12.2 Å². The van der Waals surface area contributed by atoms with Crippen molar-refractivity contribution in [2.45, 2.75) is 22.1 Å². The largest absolute Gasteiger partial charge is 0.293 e. The Morgan fingerprint density at radius 3 is 2.40 bits per heavy atom. The van der Waals surface area contributed by atoms with E-state index in [1.807, 2.05) is 30.3 Å². The summed E-state index contributed by atoms with van der Waals surface area (Å²) < 4.78 is 29.7. The molecule has 0 bridgehead atoms. The van der Waals surface area contributed by atoms with Gasteiger partial charge in [0.2, 0.25) is 10.0 Å². The van der Waals surface area contributed by atoms with Gasteiger partial charge in [-0.3, -0.25) is 4.79 Å². The van der Waals surface area contributed by atoms with E-state index < -0.39 is 10.0 Å². The topological polar surface area (TPSA) is 72.3 Å². The molecule has 0 amide bonds. The zero-order valence-electron chi connectivity index (χ0n) is 15.9. The van der Waals surface area contributed by atoms with Crippen molar-refractivity contribution in [3.8, 4) is 5.69 Å². The van der Waals surface area contributed by atoms with Crippen LogP contribution in [0.15, 0.2) is 63.8 Å². The summed E-state index contributed by atoms with van der Waals surface area (Å²) in [7, 11) is -3.47. The Morgan fingerprint density at radius 1 is 1.07 bits per heavy atom. The van der Waals surface area contributed by atoms with E-state index in [1.54, 1.807) is 16.8 Å². The lowest BCUT2D eigenvalue weighted by Crippen LogP contribution is -2.27. The number of hydrogen-bond donors (Lipinski definition) is 0. The molecule has 2 heterocycles. The predicted molar refractivity (Wildman–Crippen MR) is 122 cm³/mol. The van der Waals surface area contributed by atoms with Gasteiger partial charge in [-0.2, -0.15) is 4.31 Å². The van der Waals surface area contributed by atoms with Crippen molar-refractivity contribution in [3.63, 3.8) is 0 Å². The third-order valence-electron chi connectivity index (χ3n) is 4.74. The molecule has 1 aliphatic heterocycles. The molecule has 30 heavy (non-hydrogen) atoms. The fraction of sp³-hybridized carbons (Fsp3) is 0.250. The Bertz CT molecular complexity index is 1200. The number of hydrogen-bond acceptors (Lipinski definition) is 7. The van der Waals surface area contributed by atoms with E-state index in [2.05, 4.69) is 5.10 Å². The summed E-state index contributed by atoms with van der Waals surface area (Å²) in [4.78, 5) is 12.8. The van der Waals surface area contributed by atoms with Crippen molar-refractivity contribution in [3.05, 3.63) is 64.1 Å². The lowest BCUT2D eigenvalue weighted by molar-refractivity contribution is 0.102. The number of benzene rings is 2. The Morgan fingerprint density at radius 2 is 1.73 bits per heavy atom. The van der Waals surface area contributed by atoms with E-state index in [0.717, 1.165) is 18.5 Å². The van der Waals surface area contributed by atoms with Gasteiger partial charge in [-0.05, 0) is 49.3 Å². The highest BCUT2D eigenvalue weighted by Gasteiger charge is 2.27. The lowest BCUT2D eigenvalue weighted by Gasteiger charge is -2.15. The van der Waals surface area contributed by atoms with Gasteiger partial charge in [0, 0.05) is 18.7 Å². The number of thioether (sulfide) groups is 1. The summed E-state index contributed by atoms with van der Waals surface area (Å²) in [6.45, 7) is 1.11. The van der Waals surface area contributed by atoms with Gasteiger partial charge in [-0.15, -0.1) is 5.10 Å². The van der Waals surface area contributed by atoms with Crippen LogP contribution in [0.25, 0.3) is 5.69 Å². The molecule has 3 aromatic rings. The Hall–Kier alpha value is -1.85. The smallest absolute Gasteiger partial charge is 0.243 e. The van der Waals surface area contributed by atoms with Crippen molar-refractivity contribution in [2.24, 2.45) is 0 Å². The molecule has 0 radical (unpaired) electrons. The highest BCUT2D eigenvalue weighted by molar-refractivity contribution is 8.01. The second kappa shape index (κ2) is 9.11. The van der Waals surface area contributed by atoms with Crippen LogP contribution in [-0.2, 0) is 10.0 Å². The third kappa shape index (κ3) is 4.57. The van der Waals surface area contributed by atoms with E-state index in [-0.39, 0.29) is 16.4 Å². The van der Waals surface area contributed by atoms with Crippen LogP contribution in [-0.4, -0.2) is 47.1 Å². The zero-order valence-corrected chi connectivity index (χ0v) is 19.2. The molecule has 6 nitrogen and oxygen atoms in total. The maximum atomic E-state index is 12.6. The number of rotatable bonds is 7. The summed E-state index contributed by atoms with van der Waals surface area (Å²) in [5.74, 6) is 0.118. The van der Waals surface area contributed by atoms with Crippen LogP contribution in [0.1, 0.15) is 23.2 Å². The molecule has 1 saturated heterocycles. The number of para-hydroxylation sites is 1. The molecule has 0 aliphatic carbocycles. The first-order valence-corrected chi connectivity index (χ1v) is 13.0. The molecule has 0 N–H and O–H groups in total. The summed E-state index contributed by atoms with van der Waals surface area (Å²) in [6.07, 6.45) is 1.78. The number of Topliss-reactive ketones (excluding diaryl/α,β-unsaturated/α-hetero) is 1.